The molecule has 0 aliphatic heterocycles. The van der Waals surface area contributed by atoms with Crippen LogP contribution in [0.1, 0.15) is 6.42 Å². The van der Waals surface area contributed by atoms with E-state index in [0.29, 0.717) is 12.2 Å². The Morgan fingerprint density at radius 1 is 1.39 bits per heavy atom. The Morgan fingerprint density at radius 3 is 2.61 bits per heavy atom. The number of carboxylic acids is 1. The van der Waals surface area contributed by atoms with Gasteiger partial charge in [-0.05, 0) is 18.6 Å². The molecule has 0 bridgehead atoms. The Bertz CT molecular complexity index is 460. The summed E-state index contributed by atoms with van der Waals surface area (Å²) in [6.07, 6.45) is 0.682. The fraction of sp³-hybridized carbons (Fsp3) is 0.462. The highest BCUT2D eigenvalue weighted by Gasteiger charge is 2.46. The molecular formula is C13H17NO4. The number of carbonyl (C=O) groups is 1. The molecule has 1 aromatic carbocycles. The fourth-order valence-corrected chi connectivity index (χ4v) is 2.13. The second kappa shape index (κ2) is 4.76. The second-order valence-corrected chi connectivity index (χ2v) is 4.40. The number of nitrogens with zero attached hydrogens (tertiary/aromatic N) is 1. The van der Waals surface area contributed by atoms with Gasteiger partial charge >= 0.3 is 5.97 Å². The van der Waals surface area contributed by atoms with Crippen molar-refractivity contribution in [2.45, 2.75) is 12.5 Å². The minimum Gasteiger partial charge on any atom is -0.497 e. The van der Waals surface area contributed by atoms with Crippen LogP contribution in [0.25, 0.3) is 0 Å². The molecule has 1 aliphatic rings. The highest BCUT2D eigenvalue weighted by Crippen LogP contribution is 2.41. The summed E-state index contributed by atoms with van der Waals surface area (Å²) in [6.45, 7) is 0. The van der Waals surface area contributed by atoms with E-state index in [2.05, 4.69) is 0 Å². The van der Waals surface area contributed by atoms with Crippen LogP contribution in [0.3, 0.4) is 0 Å². The SMILES string of the molecule is COc1ccc(N(C)C2CC2C(=O)O)c(OC)c1. The van der Waals surface area contributed by atoms with Crippen LogP contribution >= 0.6 is 0 Å². The zero-order chi connectivity index (χ0) is 13.3. The number of anilines is 1. The third kappa shape index (κ3) is 2.20. The van der Waals surface area contributed by atoms with Gasteiger partial charge in [-0.2, -0.15) is 0 Å². The van der Waals surface area contributed by atoms with Crippen molar-refractivity contribution >= 4 is 11.7 Å². The van der Waals surface area contributed by atoms with Gasteiger partial charge < -0.3 is 19.5 Å². The van der Waals surface area contributed by atoms with Crippen LogP contribution in [0.5, 0.6) is 11.5 Å². The molecule has 0 aromatic heterocycles. The second-order valence-electron chi connectivity index (χ2n) is 4.40. The number of hydrogen-bond donors (Lipinski definition) is 1. The Labute approximate surface area is 106 Å². The molecule has 1 fully saturated rings. The van der Waals surface area contributed by atoms with Gasteiger partial charge in [-0.1, -0.05) is 0 Å². The number of carboxylic acid groups (broad SMARTS) is 1. The summed E-state index contributed by atoms with van der Waals surface area (Å²) in [5, 5.41) is 8.95. The van der Waals surface area contributed by atoms with Crippen molar-refractivity contribution < 1.29 is 19.4 Å². The molecule has 0 radical (unpaired) electrons. The van der Waals surface area contributed by atoms with Crippen LogP contribution in [0.2, 0.25) is 0 Å². The van der Waals surface area contributed by atoms with E-state index in [0.717, 1.165) is 11.4 Å². The first-order valence-electron chi connectivity index (χ1n) is 5.76. The monoisotopic (exact) mass is 251 g/mol. The van der Waals surface area contributed by atoms with Crippen LogP contribution in [-0.2, 0) is 4.79 Å². The van der Waals surface area contributed by atoms with Crippen molar-refractivity contribution in [2.75, 3.05) is 26.2 Å². The Kier molecular flexibility index (Phi) is 3.32. The predicted molar refractivity (Wildman–Crippen MR) is 67.5 cm³/mol. The third-order valence-electron chi connectivity index (χ3n) is 3.34. The van der Waals surface area contributed by atoms with Gasteiger partial charge in [-0.15, -0.1) is 0 Å². The molecule has 0 amide bonds. The lowest BCUT2D eigenvalue weighted by molar-refractivity contribution is -0.138. The normalized spacial score (nSPS) is 21.3. The van der Waals surface area contributed by atoms with Gasteiger partial charge in [0, 0.05) is 19.2 Å². The lowest BCUT2D eigenvalue weighted by atomic mass is 10.2. The van der Waals surface area contributed by atoms with E-state index in [1.165, 1.54) is 0 Å². The van der Waals surface area contributed by atoms with Crippen molar-refractivity contribution in [3.8, 4) is 11.5 Å². The smallest absolute Gasteiger partial charge is 0.308 e. The molecule has 1 aliphatic carbocycles. The molecular weight excluding hydrogens is 234 g/mol. The standard InChI is InChI=1S/C13H17NO4/c1-14(11-7-9(11)13(15)16)10-5-4-8(17-2)6-12(10)18-3/h4-6,9,11H,7H2,1-3H3,(H,15,16). The number of methoxy groups -OCH3 is 2. The van der Waals surface area contributed by atoms with Gasteiger partial charge in [0.2, 0.25) is 0 Å². The Morgan fingerprint density at radius 2 is 2.11 bits per heavy atom. The highest BCUT2D eigenvalue weighted by atomic mass is 16.5. The van der Waals surface area contributed by atoms with Crippen LogP contribution in [0.15, 0.2) is 18.2 Å². The molecule has 1 N–H and O–H groups in total. The molecule has 1 aromatic rings. The molecule has 18 heavy (non-hydrogen) atoms. The zero-order valence-corrected chi connectivity index (χ0v) is 10.7. The summed E-state index contributed by atoms with van der Waals surface area (Å²) in [5.74, 6) is 0.392. The fourth-order valence-electron chi connectivity index (χ4n) is 2.13. The zero-order valence-electron chi connectivity index (χ0n) is 10.7. The molecule has 2 unspecified atom stereocenters. The van der Waals surface area contributed by atoms with Gasteiger partial charge in [0.15, 0.2) is 0 Å². The summed E-state index contributed by atoms with van der Waals surface area (Å²) in [4.78, 5) is 12.8. The molecule has 2 rings (SSSR count). The number of hydrogen-bond acceptors (Lipinski definition) is 4. The summed E-state index contributed by atoms with van der Waals surface area (Å²) in [5.41, 5.74) is 0.882. The third-order valence-corrected chi connectivity index (χ3v) is 3.34. The van der Waals surface area contributed by atoms with Crippen molar-refractivity contribution in [2.24, 2.45) is 5.92 Å². The summed E-state index contributed by atoms with van der Waals surface area (Å²) in [6, 6.07) is 5.57. The highest BCUT2D eigenvalue weighted by molar-refractivity contribution is 5.76. The summed E-state index contributed by atoms with van der Waals surface area (Å²) < 4.78 is 10.4. The largest absolute Gasteiger partial charge is 0.497 e. The topological polar surface area (TPSA) is 59.0 Å². The molecule has 5 nitrogen and oxygen atoms in total. The minimum absolute atomic E-state index is 0.0461. The van der Waals surface area contributed by atoms with Gasteiger partial charge in [-0.3, -0.25) is 4.79 Å². The molecule has 0 spiro atoms. The van der Waals surface area contributed by atoms with Gasteiger partial charge in [-0.25, -0.2) is 0 Å². The van der Waals surface area contributed by atoms with E-state index < -0.39 is 5.97 Å². The van der Waals surface area contributed by atoms with E-state index in [1.54, 1.807) is 20.3 Å². The molecule has 0 saturated heterocycles. The Balaban J connectivity index is 2.20. The van der Waals surface area contributed by atoms with E-state index in [4.69, 9.17) is 14.6 Å². The quantitative estimate of drug-likeness (QED) is 0.861. The average molecular weight is 251 g/mol. The first-order chi connectivity index (χ1) is 8.58. The van der Waals surface area contributed by atoms with E-state index in [-0.39, 0.29) is 12.0 Å². The molecule has 0 heterocycles. The molecule has 5 heteroatoms. The van der Waals surface area contributed by atoms with Crippen molar-refractivity contribution in [3.63, 3.8) is 0 Å². The lowest BCUT2D eigenvalue weighted by Crippen LogP contribution is -2.23. The Hall–Kier alpha value is -1.91. The molecule has 2 atom stereocenters. The first-order valence-corrected chi connectivity index (χ1v) is 5.76. The maximum absolute atomic E-state index is 10.9. The predicted octanol–water partition coefficient (Wildman–Crippen LogP) is 1.61. The number of rotatable bonds is 5. The van der Waals surface area contributed by atoms with E-state index in [1.807, 2.05) is 24.1 Å². The maximum Gasteiger partial charge on any atom is 0.308 e. The summed E-state index contributed by atoms with van der Waals surface area (Å²) in [7, 11) is 5.07. The minimum atomic E-state index is -0.737. The maximum atomic E-state index is 10.9. The molecule has 1 saturated carbocycles. The van der Waals surface area contributed by atoms with Crippen LogP contribution < -0.4 is 14.4 Å². The van der Waals surface area contributed by atoms with Crippen molar-refractivity contribution in [1.82, 2.24) is 0 Å². The average Bonchev–Trinajstić information content (AvgIpc) is 3.17. The number of ether oxygens (including phenoxy) is 2. The van der Waals surface area contributed by atoms with Crippen molar-refractivity contribution in [1.29, 1.82) is 0 Å². The van der Waals surface area contributed by atoms with Gasteiger partial charge in [0.1, 0.15) is 11.5 Å². The van der Waals surface area contributed by atoms with E-state index in [9.17, 15) is 4.79 Å². The van der Waals surface area contributed by atoms with Gasteiger partial charge in [0.25, 0.3) is 0 Å². The van der Waals surface area contributed by atoms with E-state index >= 15 is 0 Å². The van der Waals surface area contributed by atoms with Gasteiger partial charge in [0.05, 0.1) is 25.8 Å². The van der Waals surface area contributed by atoms with Crippen molar-refractivity contribution in [3.05, 3.63) is 18.2 Å². The number of aliphatic carboxylic acids is 1. The number of benzene rings is 1. The van der Waals surface area contributed by atoms with Crippen LogP contribution in [0.4, 0.5) is 5.69 Å². The lowest BCUT2D eigenvalue weighted by Gasteiger charge is -2.22. The molecule has 98 valence electrons. The van der Waals surface area contributed by atoms with Crippen LogP contribution in [0, 0.1) is 5.92 Å². The summed E-state index contributed by atoms with van der Waals surface area (Å²) >= 11 is 0. The first kappa shape index (κ1) is 12.5. The van der Waals surface area contributed by atoms with Crippen LogP contribution in [-0.4, -0.2) is 38.4 Å².